The Morgan fingerprint density at radius 1 is 1.05 bits per heavy atom. The second kappa shape index (κ2) is 5.99. The van der Waals surface area contributed by atoms with Crippen molar-refractivity contribution in [1.29, 1.82) is 0 Å². The summed E-state index contributed by atoms with van der Waals surface area (Å²) in [5, 5.41) is 0.242. The molecule has 1 heterocycles. The molecule has 2 aromatic carbocycles. The molecule has 0 amide bonds. The first kappa shape index (κ1) is 15.5. The van der Waals surface area contributed by atoms with Gasteiger partial charge in [0.15, 0.2) is 0 Å². The maximum atomic E-state index is 12.3. The van der Waals surface area contributed by atoms with Gasteiger partial charge in [-0.1, -0.05) is 50.1 Å². The van der Waals surface area contributed by atoms with Crippen LogP contribution in [-0.2, 0) is 0 Å². The molecule has 0 aliphatic carbocycles. The van der Waals surface area contributed by atoms with Crippen LogP contribution in [0.25, 0.3) is 22.1 Å². The standard InChI is InChI=1S/C16H7Br2ClO3/c17-11-6-9(15(19)20)7-12(18)14(11)10-5-8-3-1-2-4-13(8)22-16(10)21/h1-7H. The van der Waals surface area contributed by atoms with E-state index >= 15 is 0 Å². The second-order valence-corrected chi connectivity index (χ2v) is 6.63. The molecule has 3 nitrogen and oxygen atoms in total. The maximum absolute atomic E-state index is 12.3. The Balaban J connectivity index is 2.30. The van der Waals surface area contributed by atoms with Gasteiger partial charge in [0, 0.05) is 25.5 Å². The van der Waals surface area contributed by atoms with E-state index in [0.717, 1.165) is 5.39 Å². The Morgan fingerprint density at radius 2 is 1.68 bits per heavy atom. The van der Waals surface area contributed by atoms with Crippen LogP contribution in [-0.4, -0.2) is 5.24 Å². The molecule has 0 atom stereocenters. The first-order valence-corrected chi connectivity index (χ1v) is 8.16. The summed E-state index contributed by atoms with van der Waals surface area (Å²) in [5.74, 6) is 0. The molecular weight excluding hydrogens is 435 g/mol. The third kappa shape index (κ3) is 2.76. The lowest BCUT2D eigenvalue weighted by Gasteiger charge is -2.09. The number of carbonyl (C=O) groups excluding carboxylic acids is 1. The first-order valence-electron chi connectivity index (χ1n) is 6.19. The minimum Gasteiger partial charge on any atom is -0.422 e. The Morgan fingerprint density at radius 3 is 2.32 bits per heavy atom. The van der Waals surface area contributed by atoms with Gasteiger partial charge < -0.3 is 4.42 Å². The summed E-state index contributed by atoms with van der Waals surface area (Å²) in [6, 6.07) is 12.2. The van der Waals surface area contributed by atoms with Gasteiger partial charge in [0.25, 0.3) is 5.24 Å². The van der Waals surface area contributed by atoms with Crippen LogP contribution in [0.15, 0.2) is 60.6 Å². The molecule has 6 heteroatoms. The minimum absolute atomic E-state index is 0.328. The van der Waals surface area contributed by atoms with Crippen molar-refractivity contribution >= 4 is 59.7 Å². The molecule has 0 aliphatic heterocycles. The molecule has 110 valence electrons. The molecule has 0 N–H and O–H groups in total. The van der Waals surface area contributed by atoms with Gasteiger partial charge in [-0.2, -0.15) is 0 Å². The molecule has 3 rings (SSSR count). The lowest BCUT2D eigenvalue weighted by molar-refractivity contribution is 0.108. The summed E-state index contributed by atoms with van der Waals surface area (Å²) in [4.78, 5) is 23.5. The quantitative estimate of drug-likeness (QED) is 0.396. The van der Waals surface area contributed by atoms with Gasteiger partial charge in [-0.15, -0.1) is 0 Å². The van der Waals surface area contributed by atoms with Crippen molar-refractivity contribution in [3.63, 3.8) is 0 Å². The van der Waals surface area contributed by atoms with Gasteiger partial charge in [0.05, 0.1) is 5.56 Å². The van der Waals surface area contributed by atoms with E-state index in [1.54, 1.807) is 30.3 Å². The third-order valence-electron chi connectivity index (χ3n) is 3.18. The molecule has 0 radical (unpaired) electrons. The van der Waals surface area contributed by atoms with Crippen LogP contribution in [0.5, 0.6) is 0 Å². The van der Waals surface area contributed by atoms with E-state index in [4.69, 9.17) is 16.0 Å². The summed E-state index contributed by atoms with van der Waals surface area (Å²) in [6.07, 6.45) is 0. The predicted octanol–water partition coefficient (Wildman–Crippen LogP) is 5.36. The molecule has 0 bridgehead atoms. The van der Waals surface area contributed by atoms with E-state index in [9.17, 15) is 9.59 Å². The Kier molecular flexibility index (Phi) is 4.21. The van der Waals surface area contributed by atoms with Crippen LogP contribution in [0, 0.1) is 0 Å². The number of rotatable bonds is 2. The highest BCUT2D eigenvalue weighted by Gasteiger charge is 2.16. The van der Waals surface area contributed by atoms with E-state index in [0.29, 0.717) is 31.2 Å². The number of hydrogen-bond donors (Lipinski definition) is 0. The van der Waals surface area contributed by atoms with E-state index in [1.807, 2.05) is 12.1 Å². The van der Waals surface area contributed by atoms with Crippen LogP contribution in [0.4, 0.5) is 0 Å². The fraction of sp³-hybridized carbons (Fsp3) is 0. The van der Waals surface area contributed by atoms with Crippen LogP contribution < -0.4 is 5.63 Å². The molecule has 0 saturated carbocycles. The zero-order valence-corrected chi connectivity index (χ0v) is 14.8. The second-order valence-electron chi connectivity index (χ2n) is 4.57. The number of benzene rings is 2. The Bertz CT molecular complexity index is 940. The van der Waals surface area contributed by atoms with Crippen molar-refractivity contribution in [2.45, 2.75) is 0 Å². The fourth-order valence-electron chi connectivity index (χ4n) is 2.18. The molecule has 0 spiro atoms. The molecule has 0 fully saturated rings. The largest absolute Gasteiger partial charge is 0.422 e. The van der Waals surface area contributed by atoms with Crippen molar-refractivity contribution in [2.75, 3.05) is 0 Å². The minimum atomic E-state index is -0.571. The zero-order valence-electron chi connectivity index (χ0n) is 10.9. The third-order valence-corrected chi connectivity index (χ3v) is 4.65. The molecule has 0 unspecified atom stereocenters. The molecule has 1 aromatic heterocycles. The monoisotopic (exact) mass is 440 g/mol. The summed E-state index contributed by atoms with van der Waals surface area (Å²) in [6.45, 7) is 0. The van der Waals surface area contributed by atoms with Gasteiger partial charge in [0.1, 0.15) is 5.58 Å². The number of para-hydroxylation sites is 1. The Hall–Kier alpha value is -1.43. The van der Waals surface area contributed by atoms with Crippen LogP contribution in [0.2, 0.25) is 0 Å². The van der Waals surface area contributed by atoms with Crippen molar-refractivity contribution in [3.8, 4) is 11.1 Å². The van der Waals surface area contributed by atoms with Crippen molar-refractivity contribution < 1.29 is 9.21 Å². The van der Waals surface area contributed by atoms with Crippen LogP contribution >= 0.6 is 43.5 Å². The van der Waals surface area contributed by atoms with E-state index < -0.39 is 10.9 Å². The maximum Gasteiger partial charge on any atom is 0.344 e. The summed E-state index contributed by atoms with van der Waals surface area (Å²) < 4.78 is 6.50. The van der Waals surface area contributed by atoms with E-state index in [-0.39, 0.29) is 0 Å². The van der Waals surface area contributed by atoms with Crippen molar-refractivity contribution in [1.82, 2.24) is 0 Å². The predicted molar refractivity (Wildman–Crippen MR) is 93.5 cm³/mol. The topological polar surface area (TPSA) is 47.3 Å². The van der Waals surface area contributed by atoms with Gasteiger partial charge >= 0.3 is 5.63 Å². The Labute approximate surface area is 147 Å². The van der Waals surface area contributed by atoms with Gasteiger partial charge in [0.2, 0.25) is 0 Å². The van der Waals surface area contributed by atoms with Crippen LogP contribution in [0.3, 0.4) is 0 Å². The van der Waals surface area contributed by atoms with Crippen molar-refractivity contribution in [2.24, 2.45) is 0 Å². The van der Waals surface area contributed by atoms with E-state index in [1.165, 1.54) is 0 Å². The van der Waals surface area contributed by atoms with Gasteiger partial charge in [-0.25, -0.2) is 4.79 Å². The fourth-order valence-corrected chi connectivity index (χ4v) is 3.90. The van der Waals surface area contributed by atoms with E-state index in [2.05, 4.69) is 31.9 Å². The highest BCUT2D eigenvalue weighted by Crippen LogP contribution is 2.36. The van der Waals surface area contributed by atoms with Crippen LogP contribution in [0.1, 0.15) is 10.4 Å². The lowest BCUT2D eigenvalue weighted by atomic mass is 10.0. The highest BCUT2D eigenvalue weighted by atomic mass is 79.9. The SMILES string of the molecule is O=C(Cl)c1cc(Br)c(-c2cc3ccccc3oc2=O)c(Br)c1. The smallest absolute Gasteiger partial charge is 0.344 e. The molecule has 3 aromatic rings. The van der Waals surface area contributed by atoms with Gasteiger partial charge in [-0.05, 0) is 35.9 Å². The average Bonchev–Trinajstić information content (AvgIpc) is 2.46. The number of carbonyl (C=O) groups is 1. The molecule has 0 saturated heterocycles. The molecule has 0 aliphatic rings. The summed E-state index contributed by atoms with van der Waals surface area (Å²) >= 11 is 12.3. The first-order chi connectivity index (χ1) is 10.5. The number of hydrogen-bond acceptors (Lipinski definition) is 3. The van der Waals surface area contributed by atoms with Gasteiger partial charge in [-0.3, -0.25) is 4.79 Å². The lowest BCUT2D eigenvalue weighted by Crippen LogP contribution is -2.04. The average molecular weight is 442 g/mol. The molecule has 22 heavy (non-hydrogen) atoms. The zero-order chi connectivity index (χ0) is 15.9. The summed E-state index contributed by atoms with van der Waals surface area (Å²) in [5.41, 5.74) is 1.41. The highest BCUT2D eigenvalue weighted by molar-refractivity contribution is 9.11. The normalized spacial score (nSPS) is 10.9. The number of halogens is 3. The summed E-state index contributed by atoms with van der Waals surface area (Å²) in [7, 11) is 0. The number of fused-ring (bicyclic) bond motifs is 1. The van der Waals surface area contributed by atoms with Crippen molar-refractivity contribution in [3.05, 3.63) is 67.4 Å². The molecular formula is C16H7Br2ClO3.